The number of benzene rings is 1. The van der Waals surface area contributed by atoms with Gasteiger partial charge in [0.1, 0.15) is 11.2 Å². The van der Waals surface area contributed by atoms with Gasteiger partial charge in [-0.15, -0.1) is 0 Å². The highest BCUT2D eigenvalue weighted by atomic mass is 35.5. The van der Waals surface area contributed by atoms with Gasteiger partial charge in [-0.2, -0.15) is 5.26 Å². The Balaban J connectivity index is 2.55. The lowest BCUT2D eigenvalue weighted by Gasteiger charge is -2.15. The Morgan fingerprint density at radius 3 is 2.83 bits per heavy atom. The molecule has 0 unspecified atom stereocenters. The van der Waals surface area contributed by atoms with Gasteiger partial charge < -0.3 is 5.32 Å². The molecule has 1 amide bonds. The van der Waals surface area contributed by atoms with Crippen LogP contribution in [0.4, 0.5) is 4.39 Å². The summed E-state index contributed by atoms with van der Waals surface area (Å²) in [7, 11) is 0. The Hall–Kier alpha value is -1.60. The van der Waals surface area contributed by atoms with Crippen LogP contribution in [0.2, 0.25) is 5.02 Å². The van der Waals surface area contributed by atoms with E-state index in [-0.39, 0.29) is 18.3 Å². The van der Waals surface area contributed by atoms with Crippen molar-refractivity contribution in [1.82, 2.24) is 5.32 Å². The Labute approximate surface area is 111 Å². The molecule has 1 N–H and O–H groups in total. The van der Waals surface area contributed by atoms with Gasteiger partial charge in [-0.3, -0.25) is 4.79 Å². The van der Waals surface area contributed by atoms with E-state index in [2.05, 4.69) is 5.32 Å². The lowest BCUT2D eigenvalue weighted by Crippen LogP contribution is -2.37. The van der Waals surface area contributed by atoms with E-state index >= 15 is 0 Å². The minimum Gasteiger partial charge on any atom is -0.354 e. The molecule has 1 aromatic rings. The van der Waals surface area contributed by atoms with Crippen LogP contribution in [0.25, 0.3) is 0 Å². The van der Waals surface area contributed by atoms with E-state index < -0.39 is 5.41 Å². The molecule has 3 nitrogen and oxygen atoms in total. The number of rotatable bonds is 4. The third-order valence-corrected chi connectivity index (χ3v) is 2.77. The zero-order chi connectivity index (χ0) is 13.8. The Morgan fingerprint density at radius 1 is 1.56 bits per heavy atom. The van der Waals surface area contributed by atoms with Gasteiger partial charge in [0.05, 0.1) is 6.07 Å². The highest BCUT2D eigenvalue weighted by molar-refractivity contribution is 6.30. The molecule has 0 heterocycles. The molecular formula is C13H14ClFN2O. The highest BCUT2D eigenvalue weighted by Gasteiger charge is 2.26. The number of hydrogen-bond acceptors (Lipinski definition) is 2. The summed E-state index contributed by atoms with van der Waals surface area (Å²) >= 11 is 5.76. The first-order valence-electron chi connectivity index (χ1n) is 5.50. The maximum atomic E-state index is 13.4. The van der Waals surface area contributed by atoms with E-state index in [1.165, 1.54) is 32.0 Å². The van der Waals surface area contributed by atoms with Crippen LogP contribution >= 0.6 is 11.6 Å². The Morgan fingerprint density at radius 2 is 2.22 bits per heavy atom. The van der Waals surface area contributed by atoms with Crippen LogP contribution in [0.15, 0.2) is 18.2 Å². The second-order valence-electron chi connectivity index (χ2n) is 4.48. The smallest absolute Gasteiger partial charge is 0.239 e. The number of carbonyl (C=O) groups is 1. The first-order chi connectivity index (χ1) is 8.36. The SMILES string of the molecule is CC(C)(C#N)C(=O)NCCc1cc(Cl)ccc1F. The van der Waals surface area contributed by atoms with Gasteiger partial charge in [0, 0.05) is 11.6 Å². The molecule has 0 aliphatic heterocycles. The van der Waals surface area contributed by atoms with Crippen molar-refractivity contribution in [3.63, 3.8) is 0 Å². The molecular weight excluding hydrogens is 255 g/mol. The summed E-state index contributed by atoms with van der Waals surface area (Å²) < 4.78 is 13.4. The first kappa shape index (κ1) is 14.5. The second-order valence-corrected chi connectivity index (χ2v) is 4.91. The number of nitrogens with zero attached hydrogens (tertiary/aromatic N) is 1. The molecule has 0 atom stereocenters. The molecule has 0 spiro atoms. The van der Waals surface area contributed by atoms with Crippen LogP contribution < -0.4 is 5.32 Å². The summed E-state index contributed by atoms with van der Waals surface area (Å²) in [5.41, 5.74) is -0.634. The van der Waals surface area contributed by atoms with E-state index in [1.54, 1.807) is 0 Å². The van der Waals surface area contributed by atoms with Gasteiger partial charge in [-0.25, -0.2) is 4.39 Å². The normalized spacial score (nSPS) is 10.8. The number of amides is 1. The minimum atomic E-state index is -1.08. The summed E-state index contributed by atoms with van der Waals surface area (Å²) in [6.07, 6.45) is 0.333. The standard InChI is InChI=1S/C13H14ClFN2O/c1-13(2,8-16)12(18)17-6-5-9-7-10(14)3-4-11(9)15/h3-4,7H,5-6H2,1-2H3,(H,17,18). The van der Waals surface area contributed by atoms with E-state index in [0.717, 1.165) is 0 Å². The predicted molar refractivity (Wildman–Crippen MR) is 67.5 cm³/mol. The largest absolute Gasteiger partial charge is 0.354 e. The molecule has 0 saturated heterocycles. The molecule has 5 heteroatoms. The molecule has 0 bridgehead atoms. The molecule has 0 aliphatic rings. The van der Waals surface area contributed by atoms with Gasteiger partial charge in [0.15, 0.2) is 0 Å². The number of halogens is 2. The van der Waals surface area contributed by atoms with Crippen molar-refractivity contribution < 1.29 is 9.18 Å². The molecule has 18 heavy (non-hydrogen) atoms. The summed E-state index contributed by atoms with van der Waals surface area (Å²) in [5, 5.41) is 11.8. The van der Waals surface area contributed by atoms with Crippen LogP contribution in [0.3, 0.4) is 0 Å². The Kier molecular flexibility index (Phi) is 4.69. The average Bonchev–Trinajstić information content (AvgIpc) is 2.33. The van der Waals surface area contributed by atoms with E-state index in [4.69, 9.17) is 16.9 Å². The van der Waals surface area contributed by atoms with Crippen molar-refractivity contribution in [2.75, 3.05) is 6.54 Å². The fourth-order valence-corrected chi connectivity index (χ4v) is 1.51. The van der Waals surface area contributed by atoms with Crippen molar-refractivity contribution in [2.24, 2.45) is 5.41 Å². The first-order valence-corrected chi connectivity index (χ1v) is 5.88. The van der Waals surface area contributed by atoms with E-state index in [9.17, 15) is 9.18 Å². The monoisotopic (exact) mass is 268 g/mol. The zero-order valence-corrected chi connectivity index (χ0v) is 11.0. The number of nitriles is 1. The van der Waals surface area contributed by atoms with E-state index in [1.807, 2.05) is 6.07 Å². The van der Waals surface area contributed by atoms with Crippen molar-refractivity contribution in [1.29, 1.82) is 5.26 Å². The highest BCUT2D eigenvalue weighted by Crippen LogP contribution is 2.16. The van der Waals surface area contributed by atoms with Gasteiger partial charge in [-0.1, -0.05) is 11.6 Å². The van der Waals surface area contributed by atoms with Gasteiger partial charge in [-0.05, 0) is 44.0 Å². The number of nitrogens with one attached hydrogen (secondary N) is 1. The van der Waals surface area contributed by atoms with E-state index in [0.29, 0.717) is 17.0 Å². The van der Waals surface area contributed by atoms with Gasteiger partial charge in [0.2, 0.25) is 5.91 Å². The van der Waals surface area contributed by atoms with Crippen molar-refractivity contribution in [2.45, 2.75) is 20.3 Å². The lowest BCUT2D eigenvalue weighted by molar-refractivity contribution is -0.126. The fourth-order valence-electron chi connectivity index (χ4n) is 1.32. The van der Waals surface area contributed by atoms with Crippen molar-refractivity contribution >= 4 is 17.5 Å². The minimum absolute atomic E-state index is 0.265. The van der Waals surface area contributed by atoms with Gasteiger partial charge in [0.25, 0.3) is 0 Å². The molecule has 1 aromatic carbocycles. The van der Waals surface area contributed by atoms with Crippen LogP contribution in [0, 0.1) is 22.6 Å². The van der Waals surface area contributed by atoms with Crippen LogP contribution in [0.1, 0.15) is 19.4 Å². The summed E-state index contributed by atoms with van der Waals surface area (Å²) in [4.78, 5) is 11.6. The predicted octanol–water partition coefficient (Wildman–Crippen LogP) is 2.69. The maximum Gasteiger partial charge on any atom is 0.239 e. The summed E-state index contributed by atoms with van der Waals surface area (Å²) in [5.74, 6) is -0.722. The number of carbonyl (C=O) groups excluding carboxylic acids is 1. The van der Waals surface area contributed by atoms with Gasteiger partial charge >= 0.3 is 0 Å². The molecule has 0 aliphatic carbocycles. The lowest BCUT2D eigenvalue weighted by atomic mass is 9.95. The van der Waals surface area contributed by atoms with Crippen LogP contribution in [-0.2, 0) is 11.2 Å². The summed E-state index contributed by atoms with van der Waals surface area (Å²) in [6, 6.07) is 6.19. The fraction of sp³-hybridized carbons (Fsp3) is 0.385. The number of hydrogen-bond donors (Lipinski definition) is 1. The third-order valence-electron chi connectivity index (χ3n) is 2.53. The van der Waals surface area contributed by atoms with Crippen molar-refractivity contribution in [3.05, 3.63) is 34.6 Å². The molecule has 0 fully saturated rings. The van der Waals surface area contributed by atoms with Crippen LogP contribution in [-0.4, -0.2) is 12.5 Å². The molecule has 0 aromatic heterocycles. The van der Waals surface area contributed by atoms with Crippen LogP contribution in [0.5, 0.6) is 0 Å². The second kappa shape index (κ2) is 5.83. The molecule has 96 valence electrons. The van der Waals surface area contributed by atoms with Crippen molar-refractivity contribution in [3.8, 4) is 6.07 Å². The quantitative estimate of drug-likeness (QED) is 0.913. The maximum absolute atomic E-state index is 13.4. The average molecular weight is 269 g/mol. The molecule has 0 radical (unpaired) electrons. The summed E-state index contributed by atoms with van der Waals surface area (Å²) in [6.45, 7) is 3.33. The Bertz CT molecular complexity index is 494. The topological polar surface area (TPSA) is 52.9 Å². The third kappa shape index (κ3) is 3.71. The molecule has 0 saturated carbocycles. The zero-order valence-electron chi connectivity index (χ0n) is 10.3. The molecule has 1 rings (SSSR count).